The second-order valence-electron chi connectivity index (χ2n) is 7.38. The molecule has 1 unspecified atom stereocenters. The number of aliphatic hydroxyl groups excluding tert-OH is 5. The molecule has 0 radical (unpaired) electrons. The fourth-order valence-corrected chi connectivity index (χ4v) is 3.46. The first-order valence-electron chi connectivity index (χ1n) is 9.78. The van der Waals surface area contributed by atoms with Crippen LogP contribution in [-0.2, 0) is 18.9 Å². The number of rotatable bonds is 7. The van der Waals surface area contributed by atoms with Crippen LogP contribution in [-0.4, -0.2) is 88.0 Å². The van der Waals surface area contributed by atoms with Gasteiger partial charge in [0.15, 0.2) is 18.7 Å². The van der Waals surface area contributed by atoms with Crippen molar-refractivity contribution in [2.75, 3.05) is 13.2 Å². The van der Waals surface area contributed by atoms with Crippen molar-refractivity contribution in [2.24, 2.45) is 0 Å². The van der Waals surface area contributed by atoms with Crippen LogP contribution in [0, 0.1) is 11.3 Å². The Balaban J connectivity index is 1.57. The van der Waals surface area contributed by atoms with Gasteiger partial charge in [0.05, 0.1) is 31.5 Å². The van der Waals surface area contributed by atoms with Crippen LogP contribution < -0.4 is 0 Å². The monoisotopic (exact) mass is 425 g/mol. The molecular formula is C20H27NO9. The van der Waals surface area contributed by atoms with E-state index in [1.807, 2.05) is 6.07 Å². The summed E-state index contributed by atoms with van der Waals surface area (Å²) in [6.07, 6.45) is -9.52. The molecule has 5 N–H and O–H groups in total. The maximum Gasteiger partial charge on any atom is 0.186 e. The zero-order chi connectivity index (χ0) is 21.7. The van der Waals surface area contributed by atoms with E-state index in [4.69, 9.17) is 18.9 Å². The molecular weight excluding hydrogens is 398 g/mol. The second kappa shape index (κ2) is 10.6. The van der Waals surface area contributed by atoms with Gasteiger partial charge >= 0.3 is 0 Å². The van der Waals surface area contributed by atoms with Crippen LogP contribution in [0.4, 0.5) is 0 Å². The maximum absolute atomic E-state index is 10.2. The number of ether oxygens (including phenoxy) is 4. The van der Waals surface area contributed by atoms with Crippen LogP contribution in [0.1, 0.15) is 24.5 Å². The van der Waals surface area contributed by atoms with Crippen molar-refractivity contribution in [3.8, 4) is 6.07 Å². The fourth-order valence-electron chi connectivity index (χ4n) is 3.46. The van der Waals surface area contributed by atoms with E-state index >= 15 is 0 Å². The van der Waals surface area contributed by atoms with Crippen molar-refractivity contribution in [1.82, 2.24) is 0 Å². The normalized spacial score (nSPS) is 38.0. The standard InChI is InChI=1S/C20H27NO9/c21-8-15(11-4-2-1-3-5-11)29-20-14(25)6-12(23)17(30-20)10-27-18-7-13(24)19(26)16(9-22)28-18/h1-5,12-20,22-26H,6-7,9-10H2/t12-,13+,14+,15?,16+,17+,18+,19-,20+/m0/s1. The number of hydrogen-bond acceptors (Lipinski definition) is 10. The van der Waals surface area contributed by atoms with Gasteiger partial charge in [-0.3, -0.25) is 0 Å². The van der Waals surface area contributed by atoms with Crippen molar-refractivity contribution in [3.63, 3.8) is 0 Å². The molecule has 30 heavy (non-hydrogen) atoms. The fraction of sp³-hybridized carbons (Fsp3) is 0.650. The number of nitriles is 1. The predicted octanol–water partition coefficient (Wildman–Crippen LogP) is -1.05. The number of nitrogens with zero attached hydrogens (tertiary/aromatic N) is 1. The quantitative estimate of drug-likeness (QED) is 0.364. The zero-order valence-corrected chi connectivity index (χ0v) is 16.2. The largest absolute Gasteiger partial charge is 0.394 e. The summed E-state index contributed by atoms with van der Waals surface area (Å²) < 4.78 is 22.2. The van der Waals surface area contributed by atoms with Gasteiger partial charge in [-0.15, -0.1) is 0 Å². The van der Waals surface area contributed by atoms with Gasteiger partial charge in [-0.25, -0.2) is 0 Å². The van der Waals surface area contributed by atoms with Crippen molar-refractivity contribution < 1.29 is 44.5 Å². The van der Waals surface area contributed by atoms with Crippen molar-refractivity contribution in [1.29, 1.82) is 5.26 Å². The van der Waals surface area contributed by atoms with Crippen LogP contribution >= 0.6 is 0 Å². The first kappa shape index (κ1) is 23.0. The third-order valence-electron chi connectivity index (χ3n) is 5.19. The Morgan fingerprint density at radius 3 is 2.40 bits per heavy atom. The second-order valence-corrected chi connectivity index (χ2v) is 7.38. The smallest absolute Gasteiger partial charge is 0.186 e. The Hall–Kier alpha value is -1.65. The summed E-state index contributed by atoms with van der Waals surface area (Å²) in [7, 11) is 0. The lowest BCUT2D eigenvalue weighted by molar-refractivity contribution is -0.301. The Labute approximate surface area is 173 Å². The van der Waals surface area contributed by atoms with E-state index in [-0.39, 0.29) is 19.4 Å². The van der Waals surface area contributed by atoms with Gasteiger partial charge in [0.25, 0.3) is 0 Å². The van der Waals surface area contributed by atoms with Crippen LogP contribution in [0.3, 0.4) is 0 Å². The Kier molecular flexibility index (Phi) is 8.13. The van der Waals surface area contributed by atoms with Gasteiger partial charge in [0.1, 0.15) is 24.4 Å². The van der Waals surface area contributed by atoms with E-state index < -0.39 is 61.9 Å². The van der Waals surface area contributed by atoms with Crippen molar-refractivity contribution >= 4 is 0 Å². The highest BCUT2D eigenvalue weighted by atomic mass is 16.7. The molecule has 1 aromatic rings. The summed E-state index contributed by atoms with van der Waals surface area (Å²) in [5.74, 6) is 0. The molecule has 2 saturated heterocycles. The molecule has 0 aliphatic carbocycles. The Morgan fingerprint density at radius 2 is 1.73 bits per heavy atom. The highest BCUT2D eigenvalue weighted by molar-refractivity contribution is 5.22. The average molecular weight is 425 g/mol. The van der Waals surface area contributed by atoms with E-state index in [1.54, 1.807) is 30.3 Å². The van der Waals surface area contributed by atoms with E-state index in [0.717, 1.165) is 0 Å². The summed E-state index contributed by atoms with van der Waals surface area (Å²) in [6, 6.07) is 10.8. The lowest BCUT2D eigenvalue weighted by Gasteiger charge is -2.39. The topological polar surface area (TPSA) is 162 Å². The molecule has 166 valence electrons. The molecule has 0 amide bonds. The van der Waals surface area contributed by atoms with E-state index in [0.29, 0.717) is 5.56 Å². The molecule has 3 rings (SSSR count). The van der Waals surface area contributed by atoms with E-state index in [9.17, 15) is 30.8 Å². The van der Waals surface area contributed by atoms with E-state index in [2.05, 4.69) is 0 Å². The Bertz CT molecular complexity index is 699. The van der Waals surface area contributed by atoms with Crippen molar-refractivity contribution in [3.05, 3.63) is 35.9 Å². The van der Waals surface area contributed by atoms with Crippen molar-refractivity contribution in [2.45, 2.75) is 68.1 Å². The summed E-state index contributed by atoms with van der Waals surface area (Å²) in [5.41, 5.74) is 0.605. The van der Waals surface area contributed by atoms with Gasteiger partial charge in [0.2, 0.25) is 0 Å². The summed E-state index contributed by atoms with van der Waals surface area (Å²) >= 11 is 0. The lowest BCUT2D eigenvalue weighted by atomic mass is 10.0. The maximum atomic E-state index is 10.2. The molecule has 10 heteroatoms. The molecule has 0 aromatic heterocycles. The molecule has 0 spiro atoms. The minimum absolute atomic E-state index is 0.0203. The molecule has 0 bridgehead atoms. The molecule has 2 aliphatic rings. The SMILES string of the molecule is N#CC(O[C@@H]1O[C@H](CO[C@H]2C[C@@H](O)[C@H](O)[C@@H](CO)O2)[C@@H](O)C[C@H]1O)c1ccccc1. The van der Waals surface area contributed by atoms with Crippen LogP contribution in [0.5, 0.6) is 0 Å². The van der Waals surface area contributed by atoms with Gasteiger partial charge in [-0.2, -0.15) is 5.26 Å². The minimum Gasteiger partial charge on any atom is -0.394 e. The average Bonchev–Trinajstić information content (AvgIpc) is 2.75. The number of hydrogen-bond donors (Lipinski definition) is 5. The molecule has 9 atom stereocenters. The molecule has 1 aromatic carbocycles. The lowest BCUT2D eigenvalue weighted by Crippen LogP contribution is -2.53. The van der Waals surface area contributed by atoms with Gasteiger partial charge < -0.3 is 44.5 Å². The third kappa shape index (κ3) is 5.53. The molecule has 10 nitrogen and oxygen atoms in total. The molecule has 0 saturated carbocycles. The molecule has 2 heterocycles. The third-order valence-corrected chi connectivity index (χ3v) is 5.19. The first-order chi connectivity index (χ1) is 14.4. The highest BCUT2D eigenvalue weighted by Crippen LogP contribution is 2.28. The zero-order valence-electron chi connectivity index (χ0n) is 16.2. The number of aliphatic hydroxyl groups is 5. The van der Waals surface area contributed by atoms with Gasteiger partial charge in [-0.05, 0) is 5.56 Å². The van der Waals surface area contributed by atoms with Crippen LogP contribution in [0.15, 0.2) is 30.3 Å². The summed E-state index contributed by atoms with van der Waals surface area (Å²) in [5, 5.41) is 58.7. The van der Waals surface area contributed by atoms with Crippen LogP contribution in [0.25, 0.3) is 0 Å². The first-order valence-corrected chi connectivity index (χ1v) is 9.78. The van der Waals surface area contributed by atoms with Gasteiger partial charge in [-0.1, -0.05) is 30.3 Å². The highest BCUT2D eigenvalue weighted by Gasteiger charge is 2.41. The molecule has 2 aliphatic heterocycles. The van der Waals surface area contributed by atoms with Crippen LogP contribution in [0.2, 0.25) is 0 Å². The van der Waals surface area contributed by atoms with Gasteiger partial charge in [0, 0.05) is 12.8 Å². The molecule has 2 fully saturated rings. The summed E-state index contributed by atoms with van der Waals surface area (Å²) in [4.78, 5) is 0. The predicted molar refractivity (Wildman–Crippen MR) is 99.5 cm³/mol. The number of benzene rings is 1. The van der Waals surface area contributed by atoms with E-state index in [1.165, 1.54) is 0 Å². The minimum atomic E-state index is -1.22. The Morgan fingerprint density at radius 1 is 1.00 bits per heavy atom. The summed E-state index contributed by atoms with van der Waals surface area (Å²) in [6.45, 7) is -0.639.